The first-order valence-corrected chi connectivity index (χ1v) is 10.4. The monoisotopic (exact) mass is 454 g/mol. The second kappa shape index (κ2) is 9.41. The van der Waals surface area contributed by atoms with Gasteiger partial charge < -0.3 is 14.6 Å². The van der Waals surface area contributed by atoms with Crippen LogP contribution in [0.5, 0.6) is 5.88 Å². The van der Waals surface area contributed by atoms with Crippen LogP contribution in [0.2, 0.25) is 0 Å². The van der Waals surface area contributed by atoms with E-state index in [9.17, 15) is 18.0 Å². The van der Waals surface area contributed by atoms with E-state index in [4.69, 9.17) is 4.74 Å². The van der Waals surface area contributed by atoms with Gasteiger partial charge in [-0.25, -0.2) is 0 Å². The summed E-state index contributed by atoms with van der Waals surface area (Å²) in [7, 11) is 1.75. The molecule has 3 aromatic rings. The summed E-state index contributed by atoms with van der Waals surface area (Å²) < 4.78 is 47.4. The fourth-order valence-corrected chi connectivity index (χ4v) is 3.45. The molecule has 8 nitrogen and oxygen atoms in total. The molecule has 0 aliphatic rings. The van der Waals surface area contributed by atoms with Crippen LogP contribution in [0, 0.1) is 0 Å². The van der Waals surface area contributed by atoms with Gasteiger partial charge in [0.05, 0.1) is 17.9 Å². The van der Waals surface area contributed by atoms with Gasteiger partial charge in [0.15, 0.2) is 11.0 Å². The number of ether oxygens (including phenoxy) is 1. The zero-order valence-corrected chi connectivity index (χ0v) is 17.9. The quantitative estimate of drug-likeness (QED) is 0.521. The summed E-state index contributed by atoms with van der Waals surface area (Å²) in [5.41, 5.74) is -0.0694. The van der Waals surface area contributed by atoms with Crippen LogP contribution >= 0.6 is 11.8 Å². The number of carbonyl (C=O) groups excluding carboxylic acids is 1. The average molecular weight is 454 g/mol. The smallest absolute Gasteiger partial charge is 0.416 e. The third-order valence-corrected chi connectivity index (χ3v) is 5.23. The predicted molar refractivity (Wildman–Crippen MR) is 110 cm³/mol. The number of aryl methyl sites for hydroxylation is 1. The molecule has 0 spiro atoms. The van der Waals surface area contributed by atoms with Gasteiger partial charge in [0.1, 0.15) is 5.56 Å². The number of hydrogen-bond donors (Lipinski definition) is 1. The SMILES string of the molecule is CCOc1nn(CC)cc1-c1nnc(SCC(=O)Nc2cccc(C(F)(F)F)c2)n1C. The van der Waals surface area contributed by atoms with Crippen molar-refractivity contribution in [3.05, 3.63) is 36.0 Å². The van der Waals surface area contributed by atoms with E-state index in [1.165, 1.54) is 12.1 Å². The second-order valence-electron chi connectivity index (χ2n) is 6.42. The Morgan fingerprint density at radius 1 is 1.26 bits per heavy atom. The average Bonchev–Trinajstić information content (AvgIpc) is 3.29. The van der Waals surface area contributed by atoms with E-state index < -0.39 is 17.6 Å². The molecule has 0 saturated heterocycles. The molecule has 2 aromatic heterocycles. The Morgan fingerprint density at radius 3 is 2.71 bits per heavy atom. The highest BCUT2D eigenvalue weighted by molar-refractivity contribution is 7.99. The number of nitrogens with one attached hydrogen (secondary N) is 1. The van der Waals surface area contributed by atoms with Crippen LogP contribution in [-0.2, 0) is 24.6 Å². The number of carbonyl (C=O) groups is 1. The van der Waals surface area contributed by atoms with Crippen LogP contribution in [0.15, 0.2) is 35.6 Å². The number of halogens is 3. The Balaban J connectivity index is 1.68. The maximum absolute atomic E-state index is 12.8. The maximum atomic E-state index is 12.8. The summed E-state index contributed by atoms with van der Waals surface area (Å²) in [4.78, 5) is 12.2. The van der Waals surface area contributed by atoms with E-state index >= 15 is 0 Å². The number of amides is 1. The number of aromatic nitrogens is 5. The molecule has 0 unspecified atom stereocenters. The van der Waals surface area contributed by atoms with E-state index in [1.54, 1.807) is 16.3 Å². The molecular weight excluding hydrogens is 433 g/mol. The van der Waals surface area contributed by atoms with Crippen LogP contribution in [-0.4, -0.2) is 42.8 Å². The molecule has 3 rings (SSSR count). The van der Waals surface area contributed by atoms with Crippen molar-refractivity contribution in [2.24, 2.45) is 7.05 Å². The molecular formula is C19H21F3N6O2S. The molecule has 1 N–H and O–H groups in total. The molecule has 0 radical (unpaired) electrons. The third-order valence-electron chi connectivity index (χ3n) is 4.21. The van der Waals surface area contributed by atoms with Gasteiger partial charge in [-0.05, 0) is 32.0 Å². The number of rotatable bonds is 8. The van der Waals surface area contributed by atoms with Crippen molar-refractivity contribution in [3.63, 3.8) is 0 Å². The number of nitrogens with zero attached hydrogens (tertiary/aromatic N) is 5. The molecule has 0 saturated carbocycles. The summed E-state index contributed by atoms with van der Waals surface area (Å²) in [5.74, 6) is 0.472. The van der Waals surface area contributed by atoms with Crippen LogP contribution < -0.4 is 10.1 Å². The summed E-state index contributed by atoms with van der Waals surface area (Å²) in [5, 5.41) is 15.6. The topological polar surface area (TPSA) is 86.9 Å². The molecule has 0 atom stereocenters. The van der Waals surface area contributed by atoms with Crippen molar-refractivity contribution >= 4 is 23.4 Å². The lowest BCUT2D eigenvalue weighted by atomic mass is 10.2. The summed E-state index contributed by atoms with van der Waals surface area (Å²) in [6.45, 7) is 4.92. The lowest BCUT2D eigenvalue weighted by molar-refractivity contribution is -0.137. The first kappa shape index (κ1) is 22.7. The van der Waals surface area contributed by atoms with E-state index in [1.807, 2.05) is 20.0 Å². The highest BCUT2D eigenvalue weighted by Crippen LogP contribution is 2.31. The van der Waals surface area contributed by atoms with Crippen LogP contribution in [0.25, 0.3) is 11.4 Å². The van der Waals surface area contributed by atoms with Crippen molar-refractivity contribution in [3.8, 4) is 17.3 Å². The van der Waals surface area contributed by atoms with Gasteiger partial charge in [-0.1, -0.05) is 17.8 Å². The maximum Gasteiger partial charge on any atom is 0.416 e. The zero-order chi connectivity index (χ0) is 22.6. The van der Waals surface area contributed by atoms with E-state index in [0.717, 1.165) is 23.9 Å². The Morgan fingerprint density at radius 2 is 2.03 bits per heavy atom. The molecule has 0 aliphatic heterocycles. The zero-order valence-electron chi connectivity index (χ0n) is 17.1. The van der Waals surface area contributed by atoms with Crippen LogP contribution in [0.1, 0.15) is 19.4 Å². The molecule has 1 amide bonds. The van der Waals surface area contributed by atoms with E-state index in [2.05, 4.69) is 20.6 Å². The second-order valence-corrected chi connectivity index (χ2v) is 7.36. The lowest BCUT2D eigenvalue weighted by Crippen LogP contribution is -2.15. The number of alkyl halides is 3. The van der Waals surface area contributed by atoms with Crippen LogP contribution in [0.4, 0.5) is 18.9 Å². The lowest BCUT2D eigenvalue weighted by Gasteiger charge is -2.09. The van der Waals surface area contributed by atoms with Crippen molar-refractivity contribution in [2.45, 2.75) is 31.7 Å². The normalized spacial score (nSPS) is 11.5. The minimum Gasteiger partial charge on any atom is -0.476 e. The van der Waals surface area contributed by atoms with Gasteiger partial charge in [-0.2, -0.15) is 13.2 Å². The Bertz CT molecular complexity index is 1060. The number of thioether (sulfide) groups is 1. The van der Waals surface area contributed by atoms with Gasteiger partial charge >= 0.3 is 6.18 Å². The van der Waals surface area contributed by atoms with Crippen molar-refractivity contribution < 1.29 is 22.7 Å². The summed E-state index contributed by atoms with van der Waals surface area (Å²) >= 11 is 1.12. The molecule has 2 heterocycles. The fourth-order valence-electron chi connectivity index (χ4n) is 2.74. The Labute approximate surface area is 180 Å². The molecule has 0 aliphatic carbocycles. The summed E-state index contributed by atoms with van der Waals surface area (Å²) in [6.07, 6.45) is -2.67. The molecule has 1 aromatic carbocycles. The first-order chi connectivity index (χ1) is 14.7. The molecule has 166 valence electrons. The number of hydrogen-bond acceptors (Lipinski definition) is 6. The number of anilines is 1. The molecule has 0 fully saturated rings. The van der Waals surface area contributed by atoms with Gasteiger partial charge in [0.25, 0.3) is 0 Å². The fraction of sp³-hybridized carbons (Fsp3) is 0.368. The molecule has 0 bridgehead atoms. The largest absolute Gasteiger partial charge is 0.476 e. The number of benzene rings is 1. The minimum absolute atomic E-state index is 0.0469. The van der Waals surface area contributed by atoms with Crippen LogP contribution in [0.3, 0.4) is 0 Å². The Kier molecular flexibility index (Phi) is 6.88. The van der Waals surface area contributed by atoms with E-state index in [-0.39, 0.29) is 11.4 Å². The van der Waals surface area contributed by atoms with Gasteiger partial charge in [-0.15, -0.1) is 15.3 Å². The molecule has 31 heavy (non-hydrogen) atoms. The van der Waals surface area contributed by atoms with Gasteiger partial charge in [0.2, 0.25) is 11.8 Å². The van der Waals surface area contributed by atoms with Crippen molar-refractivity contribution in [1.82, 2.24) is 24.5 Å². The minimum atomic E-state index is -4.48. The highest BCUT2D eigenvalue weighted by atomic mass is 32.2. The Hall–Kier alpha value is -3.02. The molecule has 12 heteroatoms. The van der Waals surface area contributed by atoms with Crippen molar-refractivity contribution in [2.75, 3.05) is 17.7 Å². The van der Waals surface area contributed by atoms with Gasteiger partial charge in [0, 0.05) is 25.5 Å². The van der Waals surface area contributed by atoms with Crippen molar-refractivity contribution in [1.29, 1.82) is 0 Å². The standard InChI is InChI=1S/C19H21F3N6O2S/c1-4-28-10-14(17(26-28)30-5-2)16-24-25-18(27(16)3)31-11-15(29)23-13-8-6-7-12(9-13)19(20,21)22/h6-10H,4-5,11H2,1-3H3,(H,23,29). The highest BCUT2D eigenvalue weighted by Gasteiger charge is 2.30. The predicted octanol–water partition coefficient (Wildman–Crippen LogP) is 3.85. The van der Waals surface area contributed by atoms with E-state index in [0.29, 0.717) is 35.6 Å². The third kappa shape index (κ3) is 5.37. The first-order valence-electron chi connectivity index (χ1n) is 9.42. The van der Waals surface area contributed by atoms with Gasteiger partial charge in [-0.3, -0.25) is 9.48 Å². The summed E-state index contributed by atoms with van der Waals surface area (Å²) in [6, 6.07) is 4.48.